The van der Waals surface area contributed by atoms with Crippen molar-refractivity contribution in [1.29, 1.82) is 0 Å². The lowest BCUT2D eigenvalue weighted by Crippen LogP contribution is -2.32. The summed E-state index contributed by atoms with van der Waals surface area (Å²) in [6.07, 6.45) is -3.01. The first-order valence-corrected chi connectivity index (χ1v) is 14.3. The van der Waals surface area contributed by atoms with E-state index in [1.54, 1.807) is 121 Å². The van der Waals surface area contributed by atoms with Gasteiger partial charge in [-0.05, 0) is 48.5 Å². The zero-order valence-corrected chi connectivity index (χ0v) is 22.7. The predicted octanol–water partition coefficient (Wildman–Crippen LogP) is 6.47. The summed E-state index contributed by atoms with van der Waals surface area (Å²) in [6.45, 7) is -0.246. The number of para-hydroxylation sites is 2. The molecule has 0 N–H and O–H groups in total. The standard InChI is InChI=1S/C31H27O9P/c32-30(23-13-5-1-6-14-23)35-22-28-27(37-31(33)24-15-7-2-8-16-24)21-29(36-28)40-41(34,38-25-17-9-3-10-18-25)39-26-19-11-4-12-20-26/h1-20,27-29H,21-22H2/t27-,28+,29+/m0/s1. The Hall–Kier alpha value is -4.43. The van der Waals surface area contributed by atoms with E-state index in [2.05, 4.69) is 0 Å². The van der Waals surface area contributed by atoms with Gasteiger partial charge in [-0.15, -0.1) is 0 Å². The molecule has 9 nitrogen and oxygen atoms in total. The number of benzene rings is 4. The number of esters is 2. The first kappa shape index (κ1) is 28.1. The Morgan fingerprint density at radius 3 is 1.66 bits per heavy atom. The minimum atomic E-state index is -4.32. The quantitative estimate of drug-likeness (QED) is 0.147. The van der Waals surface area contributed by atoms with Crippen molar-refractivity contribution in [2.45, 2.75) is 24.9 Å². The van der Waals surface area contributed by atoms with Crippen LogP contribution in [0.5, 0.6) is 11.5 Å². The van der Waals surface area contributed by atoms with E-state index in [4.69, 9.17) is 27.8 Å². The Morgan fingerprint density at radius 2 is 1.15 bits per heavy atom. The van der Waals surface area contributed by atoms with Crippen molar-refractivity contribution >= 4 is 19.8 Å². The Balaban J connectivity index is 1.33. The second kappa shape index (κ2) is 13.3. The molecule has 210 valence electrons. The first-order chi connectivity index (χ1) is 20.0. The monoisotopic (exact) mass is 574 g/mol. The van der Waals surface area contributed by atoms with Gasteiger partial charge in [-0.1, -0.05) is 72.8 Å². The van der Waals surface area contributed by atoms with Crippen LogP contribution in [0.4, 0.5) is 0 Å². The second-order valence-electron chi connectivity index (χ2n) is 8.98. The van der Waals surface area contributed by atoms with Gasteiger partial charge in [-0.2, -0.15) is 0 Å². The van der Waals surface area contributed by atoms with Crippen LogP contribution in [0, 0.1) is 0 Å². The molecule has 4 aromatic carbocycles. The summed E-state index contributed by atoms with van der Waals surface area (Å²) in [4.78, 5) is 25.4. The van der Waals surface area contributed by atoms with E-state index in [1.807, 2.05) is 0 Å². The SMILES string of the molecule is O=C(OC[C@H]1O[C@H](OP(=O)(Oc2ccccc2)Oc2ccccc2)C[C@@H]1OC(=O)c1ccccc1)c1ccccc1. The molecule has 0 spiro atoms. The van der Waals surface area contributed by atoms with E-state index in [0.717, 1.165) is 0 Å². The van der Waals surface area contributed by atoms with Gasteiger partial charge in [0.05, 0.1) is 11.1 Å². The number of hydrogen-bond donors (Lipinski definition) is 0. The molecule has 0 bridgehead atoms. The molecule has 1 heterocycles. The average molecular weight is 575 g/mol. The maximum atomic E-state index is 13.9. The van der Waals surface area contributed by atoms with E-state index >= 15 is 0 Å². The van der Waals surface area contributed by atoms with Crippen LogP contribution in [0.15, 0.2) is 121 Å². The lowest BCUT2D eigenvalue weighted by molar-refractivity contribution is -0.104. The molecule has 0 unspecified atom stereocenters. The van der Waals surface area contributed by atoms with Gasteiger partial charge < -0.3 is 23.3 Å². The highest BCUT2D eigenvalue weighted by Crippen LogP contribution is 2.52. The Labute approximate surface area is 237 Å². The van der Waals surface area contributed by atoms with Gasteiger partial charge in [0, 0.05) is 6.42 Å². The average Bonchev–Trinajstić information content (AvgIpc) is 3.37. The molecule has 1 saturated heterocycles. The Bertz CT molecular complexity index is 1420. The Kier molecular flexibility index (Phi) is 9.11. The highest BCUT2D eigenvalue weighted by atomic mass is 31.2. The lowest BCUT2D eigenvalue weighted by atomic mass is 10.1. The normalized spacial score (nSPS) is 18.3. The molecule has 0 radical (unpaired) electrons. The van der Waals surface area contributed by atoms with Crippen molar-refractivity contribution in [3.8, 4) is 11.5 Å². The number of phosphoric ester groups is 1. The van der Waals surface area contributed by atoms with E-state index in [9.17, 15) is 14.2 Å². The highest BCUT2D eigenvalue weighted by molar-refractivity contribution is 7.49. The molecule has 0 aliphatic carbocycles. The van der Waals surface area contributed by atoms with Crippen molar-refractivity contribution in [2.24, 2.45) is 0 Å². The number of carbonyl (C=O) groups excluding carboxylic acids is 2. The third-order valence-electron chi connectivity index (χ3n) is 5.99. The summed E-state index contributed by atoms with van der Waals surface area (Å²) in [5.74, 6) is -0.656. The topological polar surface area (TPSA) is 107 Å². The smallest absolute Gasteiger partial charge is 0.459 e. The zero-order valence-electron chi connectivity index (χ0n) is 21.8. The third-order valence-corrected chi connectivity index (χ3v) is 7.35. The minimum Gasteiger partial charge on any atom is -0.459 e. The lowest BCUT2D eigenvalue weighted by Gasteiger charge is -2.22. The van der Waals surface area contributed by atoms with Gasteiger partial charge in [0.2, 0.25) is 0 Å². The van der Waals surface area contributed by atoms with Crippen molar-refractivity contribution < 1.29 is 41.9 Å². The maximum absolute atomic E-state index is 13.9. The fraction of sp³-hybridized carbons (Fsp3) is 0.161. The molecular weight excluding hydrogens is 547 g/mol. The summed E-state index contributed by atoms with van der Waals surface area (Å²) in [7, 11) is -4.32. The van der Waals surface area contributed by atoms with Crippen molar-refractivity contribution in [2.75, 3.05) is 6.61 Å². The summed E-state index contributed by atoms with van der Waals surface area (Å²) >= 11 is 0. The summed E-state index contributed by atoms with van der Waals surface area (Å²) in [6, 6.07) is 33.7. The van der Waals surface area contributed by atoms with Crippen molar-refractivity contribution in [1.82, 2.24) is 0 Å². The molecule has 41 heavy (non-hydrogen) atoms. The highest BCUT2D eigenvalue weighted by Gasteiger charge is 2.45. The third kappa shape index (κ3) is 7.83. The summed E-state index contributed by atoms with van der Waals surface area (Å²) < 4.78 is 48.2. The molecule has 0 aromatic heterocycles. The fourth-order valence-corrected chi connectivity index (χ4v) is 5.35. The molecule has 1 fully saturated rings. The van der Waals surface area contributed by atoms with Crippen LogP contribution in [-0.4, -0.2) is 37.0 Å². The van der Waals surface area contributed by atoms with Crippen LogP contribution in [0.25, 0.3) is 0 Å². The first-order valence-electron chi connectivity index (χ1n) is 12.9. The van der Waals surface area contributed by atoms with Crippen molar-refractivity contribution in [3.05, 3.63) is 132 Å². The summed E-state index contributed by atoms with van der Waals surface area (Å²) in [5, 5.41) is 0. The van der Waals surface area contributed by atoms with Gasteiger partial charge in [-0.3, -0.25) is 0 Å². The van der Waals surface area contributed by atoms with E-state index in [-0.39, 0.29) is 24.5 Å². The van der Waals surface area contributed by atoms with Crippen LogP contribution < -0.4 is 9.05 Å². The van der Waals surface area contributed by atoms with E-state index in [0.29, 0.717) is 11.1 Å². The summed E-state index contributed by atoms with van der Waals surface area (Å²) in [5.41, 5.74) is 0.690. The number of hydrogen-bond acceptors (Lipinski definition) is 9. The van der Waals surface area contributed by atoms with Gasteiger partial charge in [0.25, 0.3) is 0 Å². The number of phosphoric acid groups is 1. The fourth-order valence-electron chi connectivity index (χ4n) is 4.04. The molecule has 10 heteroatoms. The largest absolute Gasteiger partial charge is 0.589 e. The van der Waals surface area contributed by atoms with Crippen LogP contribution in [-0.2, 0) is 23.3 Å². The molecule has 4 aromatic rings. The van der Waals surface area contributed by atoms with Crippen molar-refractivity contribution in [3.63, 3.8) is 0 Å². The molecule has 0 amide bonds. The molecule has 5 rings (SSSR count). The van der Waals surface area contributed by atoms with Crippen LogP contribution in [0.1, 0.15) is 27.1 Å². The molecule has 1 aliphatic rings. The minimum absolute atomic E-state index is 0.0214. The second-order valence-corrected chi connectivity index (χ2v) is 10.4. The predicted molar refractivity (Wildman–Crippen MR) is 148 cm³/mol. The van der Waals surface area contributed by atoms with Crippen LogP contribution in [0.3, 0.4) is 0 Å². The van der Waals surface area contributed by atoms with Crippen LogP contribution >= 0.6 is 7.82 Å². The van der Waals surface area contributed by atoms with Gasteiger partial charge >= 0.3 is 19.8 Å². The molecule has 1 aliphatic heterocycles. The van der Waals surface area contributed by atoms with Crippen LogP contribution in [0.2, 0.25) is 0 Å². The molecule has 3 atom stereocenters. The van der Waals surface area contributed by atoms with Gasteiger partial charge in [0.1, 0.15) is 30.3 Å². The van der Waals surface area contributed by atoms with Gasteiger partial charge in [0.15, 0.2) is 6.29 Å². The van der Waals surface area contributed by atoms with Gasteiger partial charge in [-0.25, -0.2) is 18.7 Å². The number of carbonyl (C=O) groups is 2. The maximum Gasteiger partial charge on any atom is 0.589 e. The zero-order chi connectivity index (χ0) is 28.5. The Morgan fingerprint density at radius 1 is 0.683 bits per heavy atom. The molecular formula is C31H27O9P. The van der Waals surface area contributed by atoms with E-state index < -0.39 is 38.3 Å². The van der Waals surface area contributed by atoms with E-state index in [1.165, 1.54) is 0 Å². The number of ether oxygens (including phenoxy) is 3. The molecule has 0 saturated carbocycles. The number of rotatable bonds is 11.